The molecule has 0 atom stereocenters. The molecular formula is C22H17N7. The number of nitrogens with zero attached hydrogens (tertiary/aromatic N) is 6. The van der Waals surface area contributed by atoms with Crippen molar-refractivity contribution in [2.75, 3.05) is 11.4 Å². The molecule has 0 unspecified atom stereocenters. The highest BCUT2D eigenvalue weighted by Gasteiger charge is 2.16. The Bertz CT molecular complexity index is 1370. The van der Waals surface area contributed by atoms with E-state index in [0.717, 1.165) is 45.9 Å². The average Bonchev–Trinajstić information content (AvgIpc) is 3.38. The van der Waals surface area contributed by atoms with E-state index in [2.05, 4.69) is 40.0 Å². The number of H-pyrrole nitrogens is 1. The third-order valence-electron chi connectivity index (χ3n) is 4.93. The topological polar surface area (TPSA) is 85.9 Å². The summed E-state index contributed by atoms with van der Waals surface area (Å²) in [6.45, 7) is 2.87. The smallest absolute Gasteiger partial charge is 0.157 e. The largest absolute Gasteiger partial charge is 0.359 e. The lowest BCUT2D eigenvalue weighted by Gasteiger charge is -2.19. The van der Waals surface area contributed by atoms with Crippen molar-refractivity contribution in [3.63, 3.8) is 0 Å². The van der Waals surface area contributed by atoms with E-state index >= 15 is 0 Å². The third-order valence-corrected chi connectivity index (χ3v) is 4.93. The zero-order chi connectivity index (χ0) is 19.8. The lowest BCUT2D eigenvalue weighted by atomic mass is 10.1. The molecule has 140 valence electrons. The van der Waals surface area contributed by atoms with E-state index in [1.54, 1.807) is 23.0 Å². The van der Waals surface area contributed by atoms with Gasteiger partial charge in [0.15, 0.2) is 11.5 Å². The second kappa shape index (κ2) is 6.77. The van der Waals surface area contributed by atoms with Gasteiger partial charge in [-0.25, -0.2) is 9.50 Å². The Morgan fingerprint density at radius 3 is 2.93 bits per heavy atom. The molecule has 0 aliphatic rings. The van der Waals surface area contributed by atoms with Crippen LogP contribution in [0, 0.1) is 11.3 Å². The lowest BCUT2D eigenvalue weighted by Crippen LogP contribution is -2.16. The molecule has 0 saturated heterocycles. The first-order chi connectivity index (χ1) is 14.3. The van der Waals surface area contributed by atoms with E-state index in [1.165, 1.54) is 0 Å². The molecule has 1 aromatic carbocycles. The van der Waals surface area contributed by atoms with Gasteiger partial charge in [-0.05, 0) is 25.1 Å². The summed E-state index contributed by atoms with van der Waals surface area (Å²) in [4.78, 5) is 14.3. The number of fused-ring (bicyclic) bond motifs is 2. The van der Waals surface area contributed by atoms with Crippen molar-refractivity contribution in [3.05, 3.63) is 72.8 Å². The maximum absolute atomic E-state index is 9.11. The van der Waals surface area contributed by atoms with Crippen molar-refractivity contribution >= 4 is 28.1 Å². The van der Waals surface area contributed by atoms with Gasteiger partial charge < -0.3 is 9.88 Å². The number of para-hydroxylation sites is 1. The molecule has 29 heavy (non-hydrogen) atoms. The molecule has 7 heteroatoms. The van der Waals surface area contributed by atoms with Gasteiger partial charge in [0.05, 0.1) is 16.9 Å². The predicted octanol–water partition coefficient (Wildman–Crippen LogP) is 4.30. The van der Waals surface area contributed by atoms with Crippen molar-refractivity contribution < 1.29 is 0 Å². The van der Waals surface area contributed by atoms with Crippen LogP contribution >= 0.6 is 0 Å². The highest BCUT2D eigenvalue weighted by atomic mass is 15.3. The Morgan fingerprint density at radius 1 is 1.17 bits per heavy atom. The Hall–Kier alpha value is -4.18. The molecule has 0 amide bonds. The number of rotatable bonds is 4. The standard InChI is InChI=1S/C22H17N7/c1-2-28(20-14-25-19-6-4-3-5-17(19)20)22-10-21-26-18(7-8-29(21)27-22)16-9-15(11-23)12-24-13-16/h3-10,12-14,25H,2H2,1H3. The summed E-state index contributed by atoms with van der Waals surface area (Å²) >= 11 is 0. The van der Waals surface area contributed by atoms with E-state index in [1.807, 2.05) is 36.7 Å². The fourth-order valence-electron chi connectivity index (χ4n) is 3.54. The summed E-state index contributed by atoms with van der Waals surface area (Å²) in [5.41, 5.74) is 4.97. The van der Waals surface area contributed by atoms with Crippen molar-refractivity contribution in [1.82, 2.24) is 24.6 Å². The van der Waals surface area contributed by atoms with E-state index in [0.29, 0.717) is 5.56 Å². The highest BCUT2D eigenvalue weighted by Crippen LogP contribution is 2.32. The Labute approximate surface area is 166 Å². The van der Waals surface area contributed by atoms with Crippen LogP contribution in [0.5, 0.6) is 0 Å². The first-order valence-corrected chi connectivity index (χ1v) is 9.32. The summed E-state index contributed by atoms with van der Waals surface area (Å²) < 4.78 is 1.76. The Morgan fingerprint density at radius 2 is 2.07 bits per heavy atom. The van der Waals surface area contributed by atoms with Gasteiger partial charge in [0.1, 0.15) is 6.07 Å². The molecule has 0 fully saturated rings. The second-order valence-corrected chi connectivity index (χ2v) is 6.66. The summed E-state index contributed by atoms with van der Waals surface area (Å²) in [5.74, 6) is 0.825. The zero-order valence-electron chi connectivity index (χ0n) is 15.7. The third kappa shape index (κ3) is 2.87. The monoisotopic (exact) mass is 379 g/mol. The number of hydrogen-bond donors (Lipinski definition) is 1. The molecule has 4 aromatic heterocycles. The number of nitriles is 1. The van der Waals surface area contributed by atoms with Gasteiger partial charge in [-0.3, -0.25) is 4.98 Å². The molecule has 0 radical (unpaired) electrons. The van der Waals surface area contributed by atoms with E-state index < -0.39 is 0 Å². The number of hydrogen-bond acceptors (Lipinski definition) is 5. The SMILES string of the molecule is CCN(c1cc2nc(-c3cncc(C#N)c3)ccn2n1)c1c[nH]c2ccccc12. The van der Waals surface area contributed by atoms with Crippen LogP contribution in [0.1, 0.15) is 12.5 Å². The molecule has 5 rings (SSSR count). The van der Waals surface area contributed by atoms with Gasteiger partial charge in [-0.15, -0.1) is 5.10 Å². The normalized spacial score (nSPS) is 11.0. The van der Waals surface area contributed by atoms with Crippen molar-refractivity contribution in [2.45, 2.75) is 6.92 Å². The van der Waals surface area contributed by atoms with Crippen molar-refractivity contribution in [2.24, 2.45) is 0 Å². The van der Waals surface area contributed by atoms with Crippen LogP contribution < -0.4 is 4.90 Å². The van der Waals surface area contributed by atoms with Crippen LogP contribution in [0.2, 0.25) is 0 Å². The van der Waals surface area contributed by atoms with Crippen LogP contribution in [-0.2, 0) is 0 Å². The van der Waals surface area contributed by atoms with Crippen LogP contribution in [-0.4, -0.2) is 31.1 Å². The second-order valence-electron chi connectivity index (χ2n) is 6.66. The summed E-state index contributed by atoms with van der Waals surface area (Å²) in [6, 6.07) is 16.0. The Balaban J connectivity index is 1.58. The van der Waals surface area contributed by atoms with Crippen LogP contribution in [0.15, 0.2) is 67.3 Å². The first-order valence-electron chi connectivity index (χ1n) is 9.32. The molecule has 0 saturated carbocycles. The number of nitrogens with one attached hydrogen (secondary N) is 1. The van der Waals surface area contributed by atoms with Crippen molar-refractivity contribution in [3.8, 4) is 17.3 Å². The molecular weight excluding hydrogens is 362 g/mol. The molecule has 7 nitrogen and oxygen atoms in total. The number of aromatic amines is 1. The number of anilines is 2. The highest BCUT2D eigenvalue weighted by molar-refractivity contribution is 5.94. The first kappa shape index (κ1) is 17.0. The number of aromatic nitrogens is 5. The van der Waals surface area contributed by atoms with Gasteiger partial charge >= 0.3 is 0 Å². The lowest BCUT2D eigenvalue weighted by molar-refractivity contribution is 0.904. The minimum atomic E-state index is 0.509. The van der Waals surface area contributed by atoms with Crippen LogP contribution in [0.25, 0.3) is 27.8 Å². The summed E-state index contributed by atoms with van der Waals surface area (Å²) in [7, 11) is 0. The number of benzene rings is 1. The summed E-state index contributed by atoms with van der Waals surface area (Å²) in [5, 5.41) is 15.0. The maximum Gasteiger partial charge on any atom is 0.157 e. The minimum Gasteiger partial charge on any atom is -0.359 e. The fraction of sp³-hybridized carbons (Fsp3) is 0.0909. The van der Waals surface area contributed by atoms with Gasteiger partial charge in [0, 0.05) is 53.9 Å². The summed E-state index contributed by atoms with van der Waals surface area (Å²) in [6.07, 6.45) is 7.14. The molecule has 0 spiro atoms. The minimum absolute atomic E-state index is 0.509. The zero-order valence-corrected chi connectivity index (χ0v) is 15.7. The molecule has 0 bridgehead atoms. The van der Waals surface area contributed by atoms with Gasteiger partial charge in [-0.2, -0.15) is 5.26 Å². The molecule has 4 heterocycles. The van der Waals surface area contributed by atoms with Crippen LogP contribution in [0.3, 0.4) is 0 Å². The quantitative estimate of drug-likeness (QED) is 0.503. The Kier molecular flexibility index (Phi) is 3.96. The van der Waals surface area contributed by atoms with Gasteiger partial charge in [-0.1, -0.05) is 18.2 Å². The van der Waals surface area contributed by atoms with E-state index in [4.69, 9.17) is 15.3 Å². The van der Waals surface area contributed by atoms with E-state index in [9.17, 15) is 0 Å². The van der Waals surface area contributed by atoms with E-state index in [-0.39, 0.29) is 0 Å². The van der Waals surface area contributed by atoms with Crippen LogP contribution in [0.4, 0.5) is 11.5 Å². The van der Waals surface area contributed by atoms with Gasteiger partial charge in [0.2, 0.25) is 0 Å². The van der Waals surface area contributed by atoms with Gasteiger partial charge in [0.25, 0.3) is 0 Å². The fourth-order valence-corrected chi connectivity index (χ4v) is 3.54. The maximum atomic E-state index is 9.11. The molecule has 0 aliphatic carbocycles. The average molecular weight is 379 g/mol. The molecule has 0 aliphatic heterocycles. The van der Waals surface area contributed by atoms with Crippen molar-refractivity contribution in [1.29, 1.82) is 5.26 Å². The molecule has 1 N–H and O–H groups in total. The predicted molar refractivity (Wildman–Crippen MR) is 112 cm³/mol. The number of pyridine rings is 1. The molecule has 5 aromatic rings.